The van der Waals surface area contributed by atoms with Crippen molar-refractivity contribution < 1.29 is 28.5 Å². The SMILES string of the molecule is CCCCCCCCOc1cccc(Oc2cc(N)c3c(c2N)C(=O)c2c(N)cc(Oc4cccc(OCCCCCCCC)c4)c(N)c2C3=O)c1. The molecule has 0 heterocycles. The smallest absolute Gasteiger partial charge is 0.198 e. The molecule has 0 aliphatic heterocycles. The number of fused-ring (bicyclic) bond motifs is 2. The molecule has 0 bridgehead atoms. The second kappa shape index (κ2) is 18.2. The molecule has 4 aromatic rings. The fourth-order valence-electron chi connectivity index (χ4n) is 6.42. The van der Waals surface area contributed by atoms with Crippen LogP contribution in [0.15, 0.2) is 60.7 Å². The Morgan fingerprint density at radius 1 is 0.462 bits per heavy atom. The topological polar surface area (TPSA) is 175 Å². The van der Waals surface area contributed by atoms with E-state index in [9.17, 15) is 9.59 Å². The number of carbonyl (C=O) groups excluding carboxylic acids is 2. The lowest BCUT2D eigenvalue weighted by Gasteiger charge is -2.25. The van der Waals surface area contributed by atoms with E-state index in [4.69, 9.17) is 41.9 Å². The molecule has 0 saturated carbocycles. The monoisotopic (exact) mass is 708 g/mol. The van der Waals surface area contributed by atoms with E-state index in [-0.39, 0.29) is 56.5 Å². The Morgan fingerprint density at radius 2 is 0.827 bits per heavy atom. The van der Waals surface area contributed by atoms with Gasteiger partial charge in [-0.25, -0.2) is 0 Å². The van der Waals surface area contributed by atoms with Gasteiger partial charge in [0.2, 0.25) is 0 Å². The highest BCUT2D eigenvalue weighted by Crippen LogP contribution is 2.46. The van der Waals surface area contributed by atoms with Crippen molar-refractivity contribution >= 4 is 34.3 Å². The quantitative estimate of drug-likeness (QED) is 0.0450. The van der Waals surface area contributed by atoms with Crippen LogP contribution in [0.3, 0.4) is 0 Å². The van der Waals surface area contributed by atoms with E-state index in [0.717, 1.165) is 25.7 Å². The molecule has 0 radical (unpaired) electrons. The van der Waals surface area contributed by atoms with Crippen molar-refractivity contribution in [3.63, 3.8) is 0 Å². The van der Waals surface area contributed by atoms with Crippen LogP contribution in [-0.2, 0) is 0 Å². The molecule has 5 rings (SSSR count). The first-order valence-electron chi connectivity index (χ1n) is 18.6. The number of nitrogen functional groups attached to an aromatic ring is 4. The van der Waals surface area contributed by atoms with Crippen LogP contribution >= 0.6 is 0 Å². The standard InChI is InChI=1S/C42H52N4O6/c1-3-5-7-9-11-13-21-49-27-17-15-19-29(23-27)51-33-25-31(43)35-37(39(33)45)41(47)36-32(44)26-34(40(46)38(36)42(35)48)52-30-20-16-18-28(24-30)50-22-14-12-10-8-6-4-2/h15-20,23-26H,3-14,21-22,43-46H2,1-2H3. The van der Waals surface area contributed by atoms with E-state index in [1.807, 2.05) is 12.1 Å². The largest absolute Gasteiger partial charge is 0.493 e. The summed E-state index contributed by atoms with van der Waals surface area (Å²) in [5.41, 5.74) is 25.6. The average Bonchev–Trinajstić information content (AvgIpc) is 3.13. The van der Waals surface area contributed by atoms with Gasteiger partial charge in [0.1, 0.15) is 23.0 Å². The van der Waals surface area contributed by atoms with Crippen molar-refractivity contribution in [3.05, 3.63) is 82.9 Å². The summed E-state index contributed by atoms with van der Waals surface area (Å²) in [7, 11) is 0. The molecule has 0 saturated heterocycles. The number of carbonyl (C=O) groups is 2. The number of unbranched alkanes of at least 4 members (excludes halogenated alkanes) is 10. The molecule has 0 atom stereocenters. The Labute approximate surface area is 306 Å². The van der Waals surface area contributed by atoms with Gasteiger partial charge in [-0.2, -0.15) is 0 Å². The molecule has 0 aromatic heterocycles. The van der Waals surface area contributed by atoms with Crippen LogP contribution in [0.5, 0.6) is 34.5 Å². The van der Waals surface area contributed by atoms with Gasteiger partial charge < -0.3 is 41.9 Å². The van der Waals surface area contributed by atoms with E-state index < -0.39 is 11.6 Å². The number of nitrogens with two attached hydrogens (primary N) is 4. The van der Waals surface area contributed by atoms with Gasteiger partial charge in [0.15, 0.2) is 23.1 Å². The minimum absolute atomic E-state index is 0.0122. The second-order valence-corrected chi connectivity index (χ2v) is 13.3. The third kappa shape index (κ3) is 9.09. The zero-order valence-electron chi connectivity index (χ0n) is 30.4. The summed E-state index contributed by atoms with van der Waals surface area (Å²) < 4.78 is 24.1. The van der Waals surface area contributed by atoms with Gasteiger partial charge in [0, 0.05) is 35.6 Å². The molecule has 1 aliphatic carbocycles. The van der Waals surface area contributed by atoms with E-state index >= 15 is 0 Å². The van der Waals surface area contributed by atoms with Crippen LogP contribution in [0.25, 0.3) is 0 Å². The summed E-state index contributed by atoms with van der Waals surface area (Å²) in [6.45, 7) is 5.59. The molecular formula is C42H52N4O6. The van der Waals surface area contributed by atoms with Crippen LogP contribution in [0.4, 0.5) is 22.7 Å². The number of anilines is 4. The molecule has 52 heavy (non-hydrogen) atoms. The van der Waals surface area contributed by atoms with Crippen molar-refractivity contribution in [2.45, 2.75) is 90.9 Å². The predicted octanol–water partition coefficient (Wildman–Crippen LogP) is 9.85. The van der Waals surface area contributed by atoms with Crippen molar-refractivity contribution in [2.24, 2.45) is 0 Å². The lowest BCUT2D eigenvalue weighted by molar-refractivity contribution is 0.0981. The van der Waals surface area contributed by atoms with E-state index in [2.05, 4.69) is 13.8 Å². The predicted molar refractivity (Wildman–Crippen MR) is 208 cm³/mol. The normalized spacial score (nSPS) is 12.0. The molecule has 10 heteroatoms. The van der Waals surface area contributed by atoms with Gasteiger partial charge >= 0.3 is 0 Å². The highest BCUT2D eigenvalue weighted by molar-refractivity contribution is 6.35. The maximum atomic E-state index is 14.0. The lowest BCUT2D eigenvalue weighted by atomic mass is 9.80. The Morgan fingerprint density at radius 3 is 1.23 bits per heavy atom. The molecule has 0 fully saturated rings. The van der Waals surface area contributed by atoms with Crippen LogP contribution < -0.4 is 41.9 Å². The summed E-state index contributed by atoms with van der Waals surface area (Å²) in [6, 6.07) is 17.1. The zero-order chi connectivity index (χ0) is 37.0. The molecule has 10 nitrogen and oxygen atoms in total. The van der Waals surface area contributed by atoms with Gasteiger partial charge in [0.25, 0.3) is 0 Å². The third-order valence-corrected chi connectivity index (χ3v) is 9.23. The molecule has 0 unspecified atom stereocenters. The Kier molecular flexibility index (Phi) is 13.3. The van der Waals surface area contributed by atoms with Crippen LogP contribution in [-0.4, -0.2) is 24.8 Å². The zero-order valence-corrected chi connectivity index (χ0v) is 30.4. The summed E-state index contributed by atoms with van der Waals surface area (Å²) in [5.74, 6) is 1.23. The van der Waals surface area contributed by atoms with Gasteiger partial charge in [-0.05, 0) is 37.1 Å². The average molecular weight is 709 g/mol. The first kappa shape index (κ1) is 37.9. The molecule has 0 amide bonds. The summed E-state index contributed by atoms with van der Waals surface area (Å²) >= 11 is 0. The number of ether oxygens (including phenoxy) is 4. The van der Waals surface area contributed by atoms with Gasteiger partial charge in [-0.3, -0.25) is 9.59 Å². The molecular weight excluding hydrogens is 656 g/mol. The Balaban J connectivity index is 1.31. The lowest BCUT2D eigenvalue weighted by Crippen LogP contribution is -2.26. The maximum absolute atomic E-state index is 14.0. The van der Waals surface area contributed by atoms with Crippen molar-refractivity contribution in [1.82, 2.24) is 0 Å². The van der Waals surface area contributed by atoms with Crippen molar-refractivity contribution in [1.29, 1.82) is 0 Å². The summed E-state index contributed by atoms with van der Waals surface area (Å²) in [4.78, 5) is 28.1. The minimum atomic E-state index is -0.587. The van der Waals surface area contributed by atoms with E-state index in [0.29, 0.717) is 36.2 Å². The molecule has 276 valence electrons. The first-order chi connectivity index (χ1) is 25.2. The Bertz CT molecular complexity index is 1740. The number of hydrogen-bond donors (Lipinski definition) is 4. The summed E-state index contributed by atoms with van der Waals surface area (Å²) in [6.07, 6.45) is 14.0. The highest BCUT2D eigenvalue weighted by atomic mass is 16.5. The van der Waals surface area contributed by atoms with Gasteiger partial charge in [0.05, 0.1) is 46.8 Å². The number of ketones is 2. The first-order valence-corrected chi connectivity index (χ1v) is 18.6. The summed E-state index contributed by atoms with van der Waals surface area (Å²) in [5, 5.41) is 0. The third-order valence-electron chi connectivity index (χ3n) is 9.23. The fourth-order valence-corrected chi connectivity index (χ4v) is 6.42. The molecule has 1 aliphatic rings. The second-order valence-electron chi connectivity index (χ2n) is 13.3. The van der Waals surface area contributed by atoms with E-state index in [1.165, 1.54) is 63.5 Å². The van der Waals surface area contributed by atoms with Crippen molar-refractivity contribution in [3.8, 4) is 34.5 Å². The Hall–Kier alpha value is -5.38. The molecule has 8 N–H and O–H groups in total. The van der Waals surface area contributed by atoms with Gasteiger partial charge in [-0.1, -0.05) is 90.2 Å². The minimum Gasteiger partial charge on any atom is -0.493 e. The maximum Gasteiger partial charge on any atom is 0.198 e. The molecule has 0 spiro atoms. The van der Waals surface area contributed by atoms with Crippen LogP contribution in [0.2, 0.25) is 0 Å². The number of benzene rings is 4. The van der Waals surface area contributed by atoms with Crippen molar-refractivity contribution in [2.75, 3.05) is 36.1 Å². The fraction of sp³-hybridized carbons (Fsp3) is 0.381. The van der Waals surface area contributed by atoms with Crippen LogP contribution in [0, 0.1) is 0 Å². The van der Waals surface area contributed by atoms with Crippen LogP contribution in [0.1, 0.15) is 123 Å². The van der Waals surface area contributed by atoms with Gasteiger partial charge in [-0.15, -0.1) is 0 Å². The molecule has 4 aromatic carbocycles. The highest BCUT2D eigenvalue weighted by Gasteiger charge is 2.38. The van der Waals surface area contributed by atoms with E-state index in [1.54, 1.807) is 36.4 Å². The number of rotatable bonds is 20. The number of hydrogen-bond acceptors (Lipinski definition) is 10.